The van der Waals surface area contributed by atoms with Crippen molar-refractivity contribution in [2.45, 2.75) is 13.0 Å². The number of nitrogens with zero attached hydrogens (tertiary/aromatic N) is 2. The van der Waals surface area contributed by atoms with Crippen molar-refractivity contribution in [3.8, 4) is 0 Å². The first-order valence-corrected chi connectivity index (χ1v) is 9.06. The fourth-order valence-electron chi connectivity index (χ4n) is 3.85. The van der Waals surface area contributed by atoms with Gasteiger partial charge in [0, 0.05) is 6.54 Å². The zero-order chi connectivity index (χ0) is 19.3. The molecule has 0 saturated carbocycles. The smallest absolute Gasteiger partial charge is 0.261 e. The second kappa shape index (κ2) is 6.16. The molecule has 1 aliphatic rings. The summed E-state index contributed by atoms with van der Waals surface area (Å²) in [7, 11) is 0. The largest absolute Gasteiger partial charge is 0.545 e. The number of allylic oxidation sites excluding steroid dienone is 1. The highest BCUT2D eigenvalue weighted by Gasteiger charge is 2.21. The molecule has 0 atom stereocenters. The quantitative estimate of drug-likeness (QED) is 0.546. The van der Waals surface area contributed by atoms with Crippen LogP contribution in [-0.2, 0) is 6.54 Å². The maximum Gasteiger partial charge on any atom is 0.261 e. The third-order valence-electron chi connectivity index (χ3n) is 5.24. The van der Waals surface area contributed by atoms with Gasteiger partial charge in [-0.15, -0.1) is 0 Å². The monoisotopic (exact) mass is 367 g/mol. The summed E-state index contributed by atoms with van der Waals surface area (Å²) in [5.74, 6) is -0.684. The highest BCUT2D eigenvalue weighted by molar-refractivity contribution is 5.96. The Balaban J connectivity index is 1.72. The van der Waals surface area contributed by atoms with Gasteiger partial charge in [0.1, 0.15) is 5.82 Å². The van der Waals surface area contributed by atoms with Crippen LogP contribution in [0.15, 0.2) is 65.5 Å². The molecule has 0 saturated heterocycles. The van der Waals surface area contributed by atoms with Crippen molar-refractivity contribution < 1.29 is 9.90 Å². The van der Waals surface area contributed by atoms with E-state index in [9.17, 15) is 14.7 Å². The normalized spacial score (nSPS) is 14.6. The fourth-order valence-corrected chi connectivity index (χ4v) is 3.85. The minimum absolute atomic E-state index is 0.0157. The van der Waals surface area contributed by atoms with Gasteiger partial charge in [-0.05, 0) is 52.1 Å². The van der Waals surface area contributed by atoms with Gasteiger partial charge in [0.25, 0.3) is 5.56 Å². The Morgan fingerprint density at radius 2 is 1.86 bits per heavy atom. The van der Waals surface area contributed by atoms with Gasteiger partial charge in [-0.2, -0.15) is 0 Å². The first-order chi connectivity index (χ1) is 13.6. The molecule has 0 radical (unpaired) electrons. The van der Waals surface area contributed by atoms with E-state index in [1.165, 1.54) is 18.2 Å². The number of hydrogen-bond acceptors (Lipinski definition) is 4. The van der Waals surface area contributed by atoms with E-state index in [4.69, 9.17) is 0 Å². The summed E-state index contributed by atoms with van der Waals surface area (Å²) in [5.41, 5.74) is 2.28. The van der Waals surface area contributed by atoms with Crippen LogP contribution in [0.5, 0.6) is 0 Å². The van der Waals surface area contributed by atoms with E-state index in [2.05, 4.69) is 29.3 Å². The molecule has 3 aromatic carbocycles. The third-order valence-corrected chi connectivity index (χ3v) is 5.24. The van der Waals surface area contributed by atoms with Crippen LogP contribution in [0, 0.1) is 0 Å². The van der Waals surface area contributed by atoms with Gasteiger partial charge in [0.15, 0.2) is 0 Å². The van der Waals surface area contributed by atoms with Crippen LogP contribution in [0.25, 0.3) is 33.3 Å². The Labute approximate surface area is 160 Å². The van der Waals surface area contributed by atoms with E-state index < -0.39 is 5.97 Å². The molecule has 0 unspecified atom stereocenters. The fraction of sp³-hybridized carbons (Fsp3) is 0.0870. The molecule has 0 bridgehead atoms. The average Bonchev–Trinajstić information content (AvgIpc) is 3.11. The van der Waals surface area contributed by atoms with Gasteiger partial charge in [-0.25, -0.2) is 4.98 Å². The van der Waals surface area contributed by atoms with Gasteiger partial charge in [0.2, 0.25) is 0 Å². The Bertz CT molecular complexity index is 1360. The zero-order valence-corrected chi connectivity index (χ0v) is 14.9. The Morgan fingerprint density at radius 1 is 1.04 bits per heavy atom. The number of carboxylic acid groups (broad SMARTS) is 1. The van der Waals surface area contributed by atoms with Crippen LogP contribution in [0.2, 0.25) is 0 Å². The molecular weight excluding hydrogens is 352 g/mol. The summed E-state index contributed by atoms with van der Waals surface area (Å²) in [6.07, 6.45) is 2.77. The molecule has 28 heavy (non-hydrogen) atoms. The summed E-state index contributed by atoms with van der Waals surface area (Å²) < 4.78 is 1.66. The highest BCUT2D eigenvalue weighted by Crippen LogP contribution is 2.30. The lowest BCUT2D eigenvalue weighted by atomic mass is 10.0. The number of fused-ring (bicyclic) bond motifs is 3. The van der Waals surface area contributed by atoms with Crippen LogP contribution in [-0.4, -0.2) is 15.5 Å². The molecule has 0 aliphatic carbocycles. The predicted octanol–water partition coefficient (Wildman–Crippen LogP) is 2.86. The molecule has 5 rings (SSSR count). The lowest BCUT2D eigenvalue weighted by Gasteiger charge is -2.08. The van der Waals surface area contributed by atoms with E-state index in [0.29, 0.717) is 29.7 Å². The van der Waals surface area contributed by atoms with Crippen LogP contribution in [0.3, 0.4) is 0 Å². The standard InChI is InChI=1S/C23H16N2O3/c26-22-19-9-8-17(23(27)28)13-20(19)24-21-16(10-11-25(21)22)12-15-6-3-5-14-4-1-2-7-18(14)15/h1-9,12-13H,10-11H2,(H,27,28)/p-1/b16-12+. The Morgan fingerprint density at radius 3 is 2.71 bits per heavy atom. The van der Waals surface area contributed by atoms with Crippen molar-refractivity contribution in [1.29, 1.82) is 0 Å². The van der Waals surface area contributed by atoms with Crippen LogP contribution in [0.4, 0.5) is 0 Å². The maximum atomic E-state index is 12.8. The number of carbonyl (C=O) groups excluding carboxylic acids is 1. The molecule has 5 heteroatoms. The van der Waals surface area contributed by atoms with Crippen molar-refractivity contribution in [1.82, 2.24) is 9.55 Å². The van der Waals surface area contributed by atoms with E-state index in [0.717, 1.165) is 21.9 Å². The van der Waals surface area contributed by atoms with Gasteiger partial charge >= 0.3 is 0 Å². The molecule has 4 aromatic rings. The van der Waals surface area contributed by atoms with Crippen LogP contribution < -0.4 is 10.7 Å². The highest BCUT2D eigenvalue weighted by atomic mass is 16.4. The van der Waals surface area contributed by atoms with E-state index in [1.54, 1.807) is 4.57 Å². The molecule has 0 N–H and O–H groups in total. The zero-order valence-electron chi connectivity index (χ0n) is 14.9. The first kappa shape index (κ1) is 16.4. The lowest BCUT2D eigenvalue weighted by Crippen LogP contribution is -2.23. The third kappa shape index (κ3) is 2.52. The number of aromatic carboxylic acids is 1. The molecule has 1 aromatic heterocycles. The van der Waals surface area contributed by atoms with Gasteiger partial charge in [-0.1, -0.05) is 48.5 Å². The van der Waals surface area contributed by atoms with E-state index in [1.807, 2.05) is 24.3 Å². The minimum Gasteiger partial charge on any atom is -0.545 e. The molecule has 0 fully saturated rings. The number of hydrogen-bond donors (Lipinski definition) is 0. The van der Waals surface area contributed by atoms with Crippen molar-refractivity contribution in [2.24, 2.45) is 0 Å². The summed E-state index contributed by atoms with van der Waals surface area (Å²) >= 11 is 0. The summed E-state index contributed by atoms with van der Waals surface area (Å²) in [5, 5.41) is 13.9. The van der Waals surface area contributed by atoms with Gasteiger partial charge < -0.3 is 9.90 Å². The van der Waals surface area contributed by atoms with E-state index >= 15 is 0 Å². The van der Waals surface area contributed by atoms with Crippen molar-refractivity contribution in [3.05, 3.63) is 88.0 Å². The summed E-state index contributed by atoms with van der Waals surface area (Å²) in [6.45, 7) is 0.565. The van der Waals surface area contributed by atoms with Gasteiger partial charge in [0.05, 0.1) is 16.9 Å². The SMILES string of the molecule is O=C([O-])c1ccc2c(=O)n3c(nc2c1)/C(=C/c1cccc2ccccc12)CC3. The first-order valence-electron chi connectivity index (χ1n) is 9.06. The summed E-state index contributed by atoms with van der Waals surface area (Å²) in [4.78, 5) is 28.6. The second-order valence-electron chi connectivity index (χ2n) is 6.90. The minimum atomic E-state index is -1.28. The predicted molar refractivity (Wildman–Crippen MR) is 107 cm³/mol. The number of aromatic nitrogens is 2. The molecule has 0 amide bonds. The lowest BCUT2D eigenvalue weighted by molar-refractivity contribution is -0.255. The van der Waals surface area contributed by atoms with Crippen LogP contribution in [0.1, 0.15) is 28.2 Å². The van der Waals surface area contributed by atoms with E-state index in [-0.39, 0.29) is 11.1 Å². The van der Waals surface area contributed by atoms with Crippen molar-refractivity contribution >= 4 is 39.3 Å². The van der Waals surface area contributed by atoms with Crippen LogP contribution >= 0.6 is 0 Å². The molecule has 5 nitrogen and oxygen atoms in total. The molecule has 0 spiro atoms. The maximum absolute atomic E-state index is 12.8. The number of rotatable bonds is 2. The Hall–Kier alpha value is -3.73. The molecule has 2 heterocycles. The molecule has 136 valence electrons. The Kier molecular flexibility index (Phi) is 3.62. The van der Waals surface area contributed by atoms with Crippen molar-refractivity contribution in [2.75, 3.05) is 0 Å². The van der Waals surface area contributed by atoms with Crippen molar-refractivity contribution in [3.63, 3.8) is 0 Å². The average molecular weight is 367 g/mol. The van der Waals surface area contributed by atoms with Gasteiger partial charge in [-0.3, -0.25) is 9.36 Å². The molecular formula is C23H15N2O3-. The second-order valence-corrected chi connectivity index (χ2v) is 6.90. The number of carboxylic acids is 1. The number of carbonyl (C=O) groups is 1. The number of benzene rings is 3. The summed E-state index contributed by atoms with van der Waals surface area (Å²) in [6, 6.07) is 18.6. The molecule has 1 aliphatic heterocycles. The topological polar surface area (TPSA) is 75.0 Å².